The molecule has 1 aliphatic heterocycles. The predicted molar refractivity (Wildman–Crippen MR) is 107 cm³/mol. The first kappa shape index (κ1) is 19.4. The summed E-state index contributed by atoms with van der Waals surface area (Å²) in [5.74, 6) is 7.19. The van der Waals surface area contributed by atoms with Gasteiger partial charge < -0.3 is 9.64 Å². The quantitative estimate of drug-likeness (QED) is 0.458. The van der Waals surface area contributed by atoms with Gasteiger partial charge in [-0.25, -0.2) is 9.97 Å². The molecule has 0 saturated carbocycles. The van der Waals surface area contributed by atoms with E-state index in [4.69, 9.17) is 4.74 Å². The Hall–Kier alpha value is -3.40. The van der Waals surface area contributed by atoms with Gasteiger partial charge in [0, 0.05) is 43.2 Å². The summed E-state index contributed by atoms with van der Waals surface area (Å²) in [7, 11) is 0. The second kappa shape index (κ2) is 9.00. The highest BCUT2D eigenvalue weighted by Gasteiger charge is 2.23. The van der Waals surface area contributed by atoms with Gasteiger partial charge in [0.2, 0.25) is 11.7 Å². The number of hydrogen-bond donors (Lipinski definition) is 0. The van der Waals surface area contributed by atoms with Gasteiger partial charge >= 0.3 is 5.69 Å². The summed E-state index contributed by atoms with van der Waals surface area (Å²) < 4.78 is 5.52. The molecule has 1 fully saturated rings. The van der Waals surface area contributed by atoms with Gasteiger partial charge in [0.25, 0.3) is 0 Å². The van der Waals surface area contributed by atoms with Crippen LogP contribution in [0.25, 0.3) is 0 Å². The highest BCUT2D eigenvalue weighted by Crippen LogP contribution is 2.28. The van der Waals surface area contributed by atoms with Crippen LogP contribution in [0.2, 0.25) is 0 Å². The van der Waals surface area contributed by atoms with E-state index in [0.29, 0.717) is 24.8 Å². The minimum atomic E-state index is -0.384. The van der Waals surface area contributed by atoms with E-state index in [1.54, 1.807) is 18.5 Å². The summed E-state index contributed by atoms with van der Waals surface area (Å²) >= 11 is 0. The maximum absolute atomic E-state index is 11.2. The van der Waals surface area contributed by atoms with Crippen LogP contribution in [0, 0.1) is 22.0 Å². The fraction of sp³-hybridized carbons (Fsp3) is 0.333. The van der Waals surface area contributed by atoms with Crippen molar-refractivity contribution in [1.29, 1.82) is 0 Å². The molecular weight excluding hydrogens is 356 g/mol. The lowest BCUT2D eigenvalue weighted by Crippen LogP contribution is -2.31. The second-order valence-corrected chi connectivity index (χ2v) is 6.71. The zero-order chi connectivity index (χ0) is 19.9. The first-order chi connectivity index (χ1) is 13.5. The third-order valence-corrected chi connectivity index (χ3v) is 4.25. The summed E-state index contributed by atoms with van der Waals surface area (Å²) in [5.41, 5.74) is 2.11. The fourth-order valence-corrected chi connectivity index (χ4v) is 2.91. The van der Waals surface area contributed by atoms with Crippen LogP contribution < -0.4 is 9.64 Å². The predicted octanol–water partition coefficient (Wildman–Crippen LogP) is 3.75. The molecule has 28 heavy (non-hydrogen) atoms. The Labute approximate surface area is 164 Å². The summed E-state index contributed by atoms with van der Waals surface area (Å²) in [6.45, 7) is 5.29. The smallest absolute Gasteiger partial charge is 0.311 e. The van der Waals surface area contributed by atoms with Gasteiger partial charge in [0.05, 0.1) is 11.0 Å². The molecule has 0 aromatic carbocycles. The summed E-state index contributed by atoms with van der Waals surface area (Å²) in [6, 6.07) is 6.78. The zero-order valence-electron chi connectivity index (χ0n) is 16.0. The molecule has 0 unspecified atom stereocenters. The Morgan fingerprint density at radius 3 is 2.68 bits per heavy atom. The maximum atomic E-state index is 11.2. The third kappa shape index (κ3) is 5.07. The number of nitrogens with zero attached hydrogens (tertiary/aromatic N) is 4. The van der Waals surface area contributed by atoms with Crippen LogP contribution in [0.5, 0.6) is 5.88 Å². The lowest BCUT2D eigenvalue weighted by Gasteiger charge is -2.28. The normalized spacial score (nSPS) is 13.7. The second-order valence-electron chi connectivity index (χ2n) is 6.71. The maximum Gasteiger partial charge on any atom is 0.311 e. The zero-order valence-corrected chi connectivity index (χ0v) is 16.0. The molecule has 2 aromatic heterocycles. The highest BCUT2D eigenvalue weighted by molar-refractivity contribution is 5.58. The van der Waals surface area contributed by atoms with Gasteiger partial charge in [-0.2, -0.15) is 0 Å². The first-order valence-corrected chi connectivity index (χ1v) is 9.19. The molecule has 3 heterocycles. The van der Waals surface area contributed by atoms with E-state index >= 15 is 0 Å². The van der Waals surface area contributed by atoms with Crippen LogP contribution in [0.4, 0.5) is 11.5 Å². The minimum Gasteiger partial charge on any atom is -0.475 e. The van der Waals surface area contributed by atoms with E-state index in [0.717, 1.165) is 18.4 Å². The Bertz CT molecular complexity index is 917. The van der Waals surface area contributed by atoms with Crippen molar-refractivity contribution < 1.29 is 9.66 Å². The monoisotopic (exact) mass is 378 g/mol. The molecule has 7 nitrogen and oxygen atoms in total. The van der Waals surface area contributed by atoms with Crippen molar-refractivity contribution in [1.82, 2.24) is 9.97 Å². The lowest BCUT2D eigenvalue weighted by molar-refractivity contribution is -0.384. The molecule has 7 heteroatoms. The summed E-state index contributed by atoms with van der Waals surface area (Å²) in [4.78, 5) is 21.2. The van der Waals surface area contributed by atoms with Crippen LogP contribution in [0.15, 0.2) is 48.3 Å². The first-order valence-electron chi connectivity index (χ1n) is 9.19. The van der Waals surface area contributed by atoms with Gasteiger partial charge in [-0.15, -0.1) is 0 Å². The van der Waals surface area contributed by atoms with Gasteiger partial charge in [0.1, 0.15) is 0 Å². The molecule has 1 aliphatic rings. The molecule has 1 saturated heterocycles. The molecule has 0 bridgehead atoms. The number of piperidine rings is 1. The third-order valence-electron chi connectivity index (χ3n) is 4.25. The number of pyridine rings is 2. The van der Waals surface area contributed by atoms with E-state index < -0.39 is 0 Å². The molecule has 0 aliphatic carbocycles. The summed E-state index contributed by atoms with van der Waals surface area (Å²) in [6.07, 6.45) is 6.93. The van der Waals surface area contributed by atoms with E-state index in [9.17, 15) is 10.1 Å². The van der Waals surface area contributed by atoms with Gasteiger partial charge in [-0.3, -0.25) is 10.1 Å². The van der Waals surface area contributed by atoms with Gasteiger partial charge in [-0.1, -0.05) is 17.4 Å². The molecule has 3 rings (SSSR count). The Kier molecular flexibility index (Phi) is 6.22. The molecular formula is C21H22N4O3. The Morgan fingerprint density at radius 2 is 2.04 bits per heavy atom. The van der Waals surface area contributed by atoms with Crippen LogP contribution in [-0.2, 0) is 0 Å². The lowest BCUT2D eigenvalue weighted by atomic mass is 10.0. The number of rotatable bonds is 4. The van der Waals surface area contributed by atoms with Crippen molar-refractivity contribution in [2.75, 3.05) is 18.0 Å². The van der Waals surface area contributed by atoms with Crippen molar-refractivity contribution in [3.8, 4) is 17.7 Å². The number of aromatic nitrogens is 2. The van der Waals surface area contributed by atoms with Gasteiger partial charge in [0.15, 0.2) is 0 Å². The fourth-order valence-electron chi connectivity index (χ4n) is 2.91. The Morgan fingerprint density at radius 1 is 1.25 bits per heavy atom. The number of ether oxygens (including phenoxy) is 1. The number of allylic oxidation sites excluding steroid dienone is 1. The largest absolute Gasteiger partial charge is 0.475 e. The van der Waals surface area contributed by atoms with E-state index in [1.807, 2.05) is 37.0 Å². The topological polar surface area (TPSA) is 81.4 Å². The van der Waals surface area contributed by atoms with Crippen LogP contribution >= 0.6 is 0 Å². The SMILES string of the molecule is CC(C)Oc1ccc(C#CC=C2CCN(c3ncccc3[N+](=O)[O-])CC2)cn1. The average Bonchev–Trinajstić information content (AvgIpc) is 2.69. The van der Waals surface area contributed by atoms with Crippen molar-refractivity contribution in [3.63, 3.8) is 0 Å². The van der Waals surface area contributed by atoms with Gasteiger partial charge in [-0.05, 0) is 44.9 Å². The van der Waals surface area contributed by atoms with Crippen molar-refractivity contribution >= 4 is 11.5 Å². The number of nitro groups is 1. The Balaban J connectivity index is 1.59. The van der Waals surface area contributed by atoms with Crippen molar-refractivity contribution in [2.45, 2.75) is 32.8 Å². The average molecular weight is 378 g/mol. The molecule has 0 amide bonds. The van der Waals surface area contributed by atoms with Crippen LogP contribution in [-0.4, -0.2) is 34.1 Å². The standard InChI is InChI=1S/C21H22N4O3/c1-16(2)28-20-9-8-18(15-23-20)6-3-5-17-10-13-24(14-11-17)21-19(25(26)27)7-4-12-22-21/h4-5,7-9,12,15-16H,10-11,13-14H2,1-2H3. The molecule has 2 aromatic rings. The minimum absolute atomic E-state index is 0.0483. The van der Waals surface area contributed by atoms with E-state index in [1.165, 1.54) is 11.6 Å². The van der Waals surface area contributed by atoms with Crippen LogP contribution in [0.1, 0.15) is 32.3 Å². The van der Waals surface area contributed by atoms with E-state index in [-0.39, 0.29) is 16.7 Å². The van der Waals surface area contributed by atoms with Crippen molar-refractivity contribution in [3.05, 3.63) is 64.0 Å². The van der Waals surface area contributed by atoms with Crippen molar-refractivity contribution in [2.24, 2.45) is 0 Å². The molecule has 0 spiro atoms. The number of anilines is 1. The summed E-state index contributed by atoms with van der Waals surface area (Å²) in [5, 5.41) is 11.2. The molecule has 144 valence electrons. The van der Waals surface area contributed by atoms with E-state index in [2.05, 4.69) is 21.8 Å². The molecule has 0 N–H and O–H groups in total. The molecule has 0 radical (unpaired) electrons. The highest BCUT2D eigenvalue weighted by atomic mass is 16.6. The number of hydrogen-bond acceptors (Lipinski definition) is 6. The molecule has 0 atom stereocenters. The van der Waals surface area contributed by atoms with Crippen LogP contribution in [0.3, 0.4) is 0 Å².